The number of aliphatic hydroxyl groups is 1. The summed E-state index contributed by atoms with van der Waals surface area (Å²) in [5.41, 5.74) is 2.91. The molecule has 2 aromatic carbocycles. The van der Waals surface area contributed by atoms with Crippen molar-refractivity contribution in [3.8, 4) is 0 Å². The van der Waals surface area contributed by atoms with Crippen LogP contribution in [0.5, 0.6) is 0 Å². The molecule has 3 aromatic rings. The average molecular weight is 494 g/mol. The van der Waals surface area contributed by atoms with Crippen molar-refractivity contribution in [2.45, 2.75) is 37.7 Å². The lowest BCUT2D eigenvalue weighted by Crippen LogP contribution is -2.45. The summed E-state index contributed by atoms with van der Waals surface area (Å²) in [4.78, 5) is 20.0. The number of amides is 1. The van der Waals surface area contributed by atoms with Gasteiger partial charge in [-0.25, -0.2) is 8.78 Å². The second-order valence-electron chi connectivity index (χ2n) is 10.1. The Kier molecular flexibility index (Phi) is 7.48. The van der Waals surface area contributed by atoms with E-state index in [1.807, 2.05) is 0 Å². The molecule has 0 spiro atoms. The van der Waals surface area contributed by atoms with Gasteiger partial charge in [0, 0.05) is 48.9 Å². The third-order valence-electron chi connectivity index (χ3n) is 7.79. The number of benzene rings is 2. The number of aromatic nitrogens is 1. The van der Waals surface area contributed by atoms with E-state index in [2.05, 4.69) is 40.3 Å². The number of likely N-dealkylation sites (tertiary alicyclic amines) is 2. The predicted molar refractivity (Wildman–Crippen MR) is 137 cm³/mol. The summed E-state index contributed by atoms with van der Waals surface area (Å²) in [6, 6.07) is 11.6. The molecule has 1 aromatic heterocycles. The van der Waals surface area contributed by atoms with E-state index >= 15 is 0 Å². The molecular weight excluding hydrogens is 460 g/mol. The Balaban J connectivity index is 1.07. The van der Waals surface area contributed by atoms with Crippen LogP contribution in [0.1, 0.15) is 42.7 Å². The minimum Gasteiger partial charge on any atom is -0.392 e. The standard InChI is InChI=1S/C29H33F2N3O2/c30-23-15-20(16-24(31)17-23)5-6-29(36)34-13-9-22(10-14-34)28(35)19-33-11-7-21(8-12-33)26-18-32-27-4-2-1-3-25(26)27/h1-6,15-18,21-22,28,32,35H,7-14,19H2/b6-5+. The minimum absolute atomic E-state index is 0.168. The first-order chi connectivity index (χ1) is 17.5. The molecule has 5 nitrogen and oxygen atoms in total. The molecule has 2 aliphatic rings. The zero-order valence-corrected chi connectivity index (χ0v) is 20.4. The molecule has 1 amide bonds. The number of carbonyl (C=O) groups is 1. The second-order valence-corrected chi connectivity index (χ2v) is 10.1. The first kappa shape index (κ1) is 24.7. The largest absolute Gasteiger partial charge is 0.392 e. The number of nitrogens with one attached hydrogen (secondary N) is 1. The Hall–Kier alpha value is -3.03. The fourth-order valence-electron chi connectivity index (χ4n) is 5.72. The number of H-pyrrole nitrogens is 1. The predicted octanol–water partition coefficient (Wildman–Crippen LogP) is 4.94. The molecule has 190 valence electrons. The SMILES string of the molecule is O=C(/C=C/c1cc(F)cc(F)c1)N1CCC(C(O)CN2CCC(c3c[nH]c4ccccc34)CC2)CC1. The molecule has 36 heavy (non-hydrogen) atoms. The third kappa shape index (κ3) is 5.68. The highest BCUT2D eigenvalue weighted by Gasteiger charge is 2.30. The van der Waals surface area contributed by atoms with Gasteiger partial charge < -0.3 is 19.9 Å². The molecule has 2 fully saturated rings. The van der Waals surface area contributed by atoms with Gasteiger partial charge in [-0.1, -0.05) is 18.2 Å². The summed E-state index contributed by atoms with van der Waals surface area (Å²) in [6.07, 6.45) is 8.23. The molecule has 2 aliphatic heterocycles. The Bertz CT molecular complexity index is 1200. The zero-order chi connectivity index (χ0) is 25.1. The zero-order valence-electron chi connectivity index (χ0n) is 20.4. The van der Waals surface area contributed by atoms with Gasteiger partial charge in [0.25, 0.3) is 0 Å². The molecule has 1 unspecified atom stereocenters. The molecule has 0 saturated carbocycles. The van der Waals surface area contributed by atoms with Crippen LogP contribution in [0.4, 0.5) is 8.78 Å². The van der Waals surface area contributed by atoms with Gasteiger partial charge in [-0.3, -0.25) is 4.79 Å². The number of rotatable bonds is 6. The van der Waals surface area contributed by atoms with Crippen molar-refractivity contribution in [1.29, 1.82) is 0 Å². The maximum absolute atomic E-state index is 13.3. The van der Waals surface area contributed by atoms with E-state index in [9.17, 15) is 18.7 Å². The van der Waals surface area contributed by atoms with Gasteiger partial charge in [0.15, 0.2) is 0 Å². The van der Waals surface area contributed by atoms with Gasteiger partial charge in [-0.2, -0.15) is 0 Å². The number of aliphatic hydroxyl groups excluding tert-OH is 1. The fourth-order valence-corrected chi connectivity index (χ4v) is 5.72. The van der Waals surface area contributed by atoms with E-state index in [-0.39, 0.29) is 11.8 Å². The summed E-state index contributed by atoms with van der Waals surface area (Å²) >= 11 is 0. The summed E-state index contributed by atoms with van der Waals surface area (Å²) in [7, 11) is 0. The van der Waals surface area contributed by atoms with Crippen LogP contribution in [0.15, 0.2) is 54.7 Å². The van der Waals surface area contributed by atoms with Crippen LogP contribution in [0.3, 0.4) is 0 Å². The number of aromatic amines is 1. The van der Waals surface area contributed by atoms with Gasteiger partial charge in [-0.15, -0.1) is 0 Å². The van der Waals surface area contributed by atoms with Crippen LogP contribution < -0.4 is 0 Å². The van der Waals surface area contributed by atoms with Crippen LogP contribution in [0.2, 0.25) is 0 Å². The number of carbonyl (C=O) groups excluding carboxylic acids is 1. The van der Waals surface area contributed by atoms with Gasteiger partial charge in [0.1, 0.15) is 11.6 Å². The number of β-amino-alcohol motifs (C(OH)–C–C–N with tert-alkyl or cyclic N) is 1. The van der Waals surface area contributed by atoms with E-state index < -0.39 is 17.7 Å². The van der Waals surface area contributed by atoms with E-state index in [0.29, 0.717) is 31.1 Å². The maximum atomic E-state index is 13.3. The number of hydrogen-bond acceptors (Lipinski definition) is 3. The van der Waals surface area contributed by atoms with Crippen molar-refractivity contribution in [3.05, 3.63) is 77.5 Å². The summed E-state index contributed by atoms with van der Waals surface area (Å²) < 4.78 is 26.7. The van der Waals surface area contributed by atoms with Gasteiger partial charge in [0.05, 0.1) is 6.10 Å². The first-order valence-corrected chi connectivity index (χ1v) is 12.9. The Labute approximate surface area is 210 Å². The fraction of sp³-hybridized carbons (Fsp3) is 0.414. The molecule has 0 bridgehead atoms. The number of fused-ring (bicyclic) bond motifs is 1. The molecule has 0 radical (unpaired) electrons. The highest BCUT2D eigenvalue weighted by molar-refractivity contribution is 5.91. The quantitative estimate of drug-likeness (QED) is 0.479. The van der Waals surface area contributed by atoms with Gasteiger partial charge in [0.2, 0.25) is 5.91 Å². The molecule has 2 N–H and O–H groups in total. The van der Waals surface area contributed by atoms with E-state index in [0.717, 1.165) is 44.8 Å². The maximum Gasteiger partial charge on any atom is 0.246 e. The summed E-state index contributed by atoms with van der Waals surface area (Å²) in [5.74, 6) is -0.799. The number of halogens is 2. The van der Waals surface area contributed by atoms with E-state index in [1.165, 1.54) is 40.8 Å². The highest BCUT2D eigenvalue weighted by Crippen LogP contribution is 2.33. The van der Waals surface area contributed by atoms with E-state index in [4.69, 9.17) is 0 Å². The van der Waals surface area contributed by atoms with Gasteiger partial charge >= 0.3 is 0 Å². The average Bonchev–Trinajstić information content (AvgIpc) is 3.31. The van der Waals surface area contributed by atoms with Crippen LogP contribution in [-0.4, -0.2) is 64.6 Å². The topological polar surface area (TPSA) is 59.6 Å². The lowest BCUT2D eigenvalue weighted by atomic mass is 9.87. The van der Waals surface area contributed by atoms with Crippen molar-refractivity contribution in [2.24, 2.45) is 5.92 Å². The van der Waals surface area contributed by atoms with Crippen molar-refractivity contribution in [3.63, 3.8) is 0 Å². The van der Waals surface area contributed by atoms with Crippen LogP contribution in [0.25, 0.3) is 17.0 Å². The lowest BCUT2D eigenvalue weighted by molar-refractivity contribution is -0.128. The Morgan fingerprint density at radius 2 is 1.72 bits per heavy atom. The summed E-state index contributed by atoms with van der Waals surface area (Å²) in [5, 5.41) is 12.2. The molecule has 3 heterocycles. The minimum atomic E-state index is -0.668. The normalized spacial score (nSPS) is 19.4. The Morgan fingerprint density at radius 3 is 2.44 bits per heavy atom. The smallest absolute Gasteiger partial charge is 0.246 e. The monoisotopic (exact) mass is 493 g/mol. The first-order valence-electron chi connectivity index (χ1n) is 12.9. The lowest BCUT2D eigenvalue weighted by Gasteiger charge is -2.37. The van der Waals surface area contributed by atoms with Crippen LogP contribution in [0, 0.1) is 17.6 Å². The van der Waals surface area contributed by atoms with Crippen LogP contribution >= 0.6 is 0 Å². The molecule has 2 saturated heterocycles. The molecule has 1 atom stereocenters. The molecular formula is C29H33F2N3O2. The summed E-state index contributed by atoms with van der Waals surface area (Å²) in [6.45, 7) is 3.77. The third-order valence-corrected chi connectivity index (χ3v) is 7.79. The molecule has 5 rings (SSSR count). The van der Waals surface area contributed by atoms with Crippen molar-refractivity contribution in [1.82, 2.24) is 14.8 Å². The second kappa shape index (κ2) is 10.9. The van der Waals surface area contributed by atoms with Gasteiger partial charge in [-0.05, 0) is 86.0 Å². The number of piperidine rings is 2. The number of hydrogen-bond donors (Lipinski definition) is 2. The number of para-hydroxylation sites is 1. The van der Waals surface area contributed by atoms with Crippen LogP contribution in [-0.2, 0) is 4.79 Å². The van der Waals surface area contributed by atoms with E-state index in [1.54, 1.807) is 4.90 Å². The molecule has 7 heteroatoms. The van der Waals surface area contributed by atoms with Crippen molar-refractivity contribution >= 4 is 22.9 Å². The van der Waals surface area contributed by atoms with Crippen molar-refractivity contribution in [2.75, 3.05) is 32.7 Å². The Morgan fingerprint density at radius 1 is 1.03 bits per heavy atom. The number of nitrogens with zero attached hydrogens (tertiary/aromatic N) is 2. The molecule has 0 aliphatic carbocycles. The highest BCUT2D eigenvalue weighted by atomic mass is 19.1. The van der Waals surface area contributed by atoms with Crippen molar-refractivity contribution < 1.29 is 18.7 Å².